The quantitative estimate of drug-likeness (QED) is 0.168. The molecular weight excluding hydrogens is 488 g/mol. The summed E-state index contributed by atoms with van der Waals surface area (Å²) in [6, 6.07) is 29.2. The summed E-state index contributed by atoms with van der Waals surface area (Å²) in [6.07, 6.45) is 1.47. The van der Waals surface area contributed by atoms with E-state index in [4.69, 9.17) is 9.26 Å². The Bertz CT molecular complexity index is 1270. The lowest BCUT2D eigenvalue weighted by molar-refractivity contribution is -0.122. The zero-order valence-corrected chi connectivity index (χ0v) is 22.9. The van der Waals surface area contributed by atoms with E-state index in [9.17, 15) is 4.79 Å². The van der Waals surface area contributed by atoms with Gasteiger partial charge in [0.25, 0.3) is 0 Å². The van der Waals surface area contributed by atoms with E-state index in [0.29, 0.717) is 37.1 Å². The highest BCUT2D eigenvalue weighted by Gasteiger charge is 2.23. The first-order chi connectivity index (χ1) is 19.0. The van der Waals surface area contributed by atoms with Crippen molar-refractivity contribution in [1.82, 2.24) is 10.5 Å². The summed E-state index contributed by atoms with van der Waals surface area (Å²) < 4.78 is 11.4. The summed E-state index contributed by atoms with van der Waals surface area (Å²) in [5, 5.41) is 14.1. The van der Waals surface area contributed by atoms with E-state index in [2.05, 4.69) is 41.9 Å². The third-order valence-corrected chi connectivity index (χ3v) is 6.41. The van der Waals surface area contributed by atoms with E-state index < -0.39 is 6.04 Å². The van der Waals surface area contributed by atoms with Gasteiger partial charge in [0.15, 0.2) is 11.6 Å². The summed E-state index contributed by atoms with van der Waals surface area (Å²) >= 11 is 0. The summed E-state index contributed by atoms with van der Waals surface area (Å²) in [5.41, 5.74) is 3.05. The predicted octanol–water partition coefficient (Wildman–Crippen LogP) is 6.75. The van der Waals surface area contributed by atoms with Crippen LogP contribution < -0.4 is 20.7 Å². The fourth-order valence-electron chi connectivity index (χ4n) is 4.21. The molecule has 0 saturated carbocycles. The Balaban J connectivity index is 1.29. The van der Waals surface area contributed by atoms with Crippen LogP contribution >= 0.6 is 0 Å². The molecule has 204 valence electrons. The number of nitrogens with zero attached hydrogens (tertiary/aromatic N) is 1. The number of hydrogen-bond donors (Lipinski definition) is 3. The summed E-state index contributed by atoms with van der Waals surface area (Å²) in [5.74, 6) is 2.31. The Morgan fingerprint density at radius 3 is 2.31 bits per heavy atom. The van der Waals surface area contributed by atoms with Gasteiger partial charge in [0, 0.05) is 29.9 Å². The summed E-state index contributed by atoms with van der Waals surface area (Å²) in [4.78, 5) is 13.3. The van der Waals surface area contributed by atoms with Gasteiger partial charge in [0.05, 0.1) is 0 Å². The number of anilines is 2. The third-order valence-electron chi connectivity index (χ3n) is 6.41. The van der Waals surface area contributed by atoms with Crippen LogP contribution in [0, 0.1) is 5.92 Å². The molecule has 39 heavy (non-hydrogen) atoms. The van der Waals surface area contributed by atoms with Gasteiger partial charge in [-0.3, -0.25) is 4.79 Å². The van der Waals surface area contributed by atoms with E-state index in [1.165, 1.54) is 0 Å². The van der Waals surface area contributed by atoms with E-state index in [1.54, 1.807) is 0 Å². The fourth-order valence-corrected chi connectivity index (χ4v) is 4.21. The number of nitrogens with one attached hydrogen (secondary N) is 3. The van der Waals surface area contributed by atoms with E-state index in [-0.39, 0.29) is 11.9 Å². The minimum atomic E-state index is -0.422. The van der Waals surface area contributed by atoms with Gasteiger partial charge < -0.3 is 25.2 Å². The van der Waals surface area contributed by atoms with Crippen molar-refractivity contribution >= 4 is 17.4 Å². The first kappa shape index (κ1) is 27.8. The maximum atomic E-state index is 13.3. The van der Waals surface area contributed by atoms with Crippen LogP contribution in [0.2, 0.25) is 0 Å². The first-order valence-corrected chi connectivity index (χ1v) is 13.6. The highest BCUT2D eigenvalue weighted by atomic mass is 16.5. The third kappa shape index (κ3) is 8.64. The minimum Gasteiger partial charge on any atom is -0.489 e. The van der Waals surface area contributed by atoms with Crippen molar-refractivity contribution in [2.24, 2.45) is 5.92 Å². The zero-order chi connectivity index (χ0) is 27.5. The van der Waals surface area contributed by atoms with Crippen LogP contribution in [0.15, 0.2) is 95.5 Å². The van der Waals surface area contributed by atoms with Crippen LogP contribution in [0.25, 0.3) is 11.3 Å². The van der Waals surface area contributed by atoms with E-state index >= 15 is 0 Å². The normalized spacial score (nSPS) is 12.5. The Kier molecular flexibility index (Phi) is 10.0. The average molecular weight is 527 g/mol. The fraction of sp³-hybridized carbons (Fsp3) is 0.312. The molecule has 1 heterocycles. The second-order valence-electron chi connectivity index (χ2n) is 10.1. The van der Waals surface area contributed by atoms with Crippen molar-refractivity contribution in [3.8, 4) is 17.1 Å². The number of benzene rings is 3. The van der Waals surface area contributed by atoms with Gasteiger partial charge in [0.2, 0.25) is 5.91 Å². The van der Waals surface area contributed by atoms with Gasteiger partial charge in [0.1, 0.15) is 18.4 Å². The average Bonchev–Trinajstić information content (AvgIpc) is 3.43. The van der Waals surface area contributed by atoms with Gasteiger partial charge in [-0.05, 0) is 48.6 Å². The van der Waals surface area contributed by atoms with Gasteiger partial charge in [-0.25, -0.2) is 0 Å². The molecule has 3 N–H and O–H groups in total. The van der Waals surface area contributed by atoms with Crippen LogP contribution in [0.4, 0.5) is 11.5 Å². The Labute approximate surface area is 231 Å². The molecule has 0 aliphatic carbocycles. The highest BCUT2D eigenvalue weighted by molar-refractivity contribution is 5.84. The maximum absolute atomic E-state index is 13.3. The van der Waals surface area contributed by atoms with Crippen molar-refractivity contribution in [1.29, 1.82) is 0 Å². The smallest absolute Gasteiger partial charge is 0.242 e. The molecule has 0 aliphatic rings. The molecule has 4 aromatic rings. The number of ether oxygens (including phenoxy) is 1. The van der Waals surface area contributed by atoms with E-state index in [1.807, 2.05) is 91.0 Å². The molecule has 0 radical (unpaired) electrons. The lowest BCUT2D eigenvalue weighted by atomic mass is 10.0. The largest absolute Gasteiger partial charge is 0.489 e. The van der Waals surface area contributed by atoms with Crippen molar-refractivity contribution in [3.63, 3.8) is 0 Å². The lowest BCUT2D eigenvalue weighted by Gasteiger charge is -2.24. The number of carbonyl (C=O) groups excluding carboxylic acids is 1. The molecule has 0 fully saturated rings. The van der Waals surface area contributed by atoms with Crippen molar-refractivity contribution in [2.45, 2.75) is 52.3 Å². The van der Waals surface area contributed by atoms with Crippen LogP contribution in [-0.4, -0.2) is 29.7 Å². The van der Waals surface area contributed by atoms with Crippen molar-refractivity contribution in [2.75, 3.05) is 17.2 Å². The molecule has 0 spiro atoms. The molecule has 4 rings (SSSR count). The number of hydrogen-bond acceptors (Lipinski definition) is 6. The number of amides is 1. The van der Waals surface area contributed by atoms with Crippen LogP contribution in [0.1, 0.15) is 39.2 Å². The Morgan fingerprint density at radius 1 is 0.949 bits per heavy atom. The van der Waals surface area contributed by atoms with Gasteiger partial charge in [-0.15, -0.1) is 0 Å². The molecule has 1 amide bonds. The zero-order valence-electron chi connectivity index (χ0n) is 22.9. The van der Waals surface area contributed by atoms with Gasteiger partial charge in [-0.2, -0.15) is 0 Å². The number of rotatable bonds is 14. The second kappa shape index (κ2) is 14.0. The lowest BCUT2D eigenvalue weighted by Crippen LogP contribution is -2.47. The molecular formula is C32H38N4O3. The molecule has 3 aromatic carbocycles. The molecule has 0 unspecified atom stereocenters. The number of carbonyl (C=O) groups is 1. The molecule has 7 nitrogen and oxygen atoms in total. The molecule has 1 aromatic heterocycles. The molecule has 0 bridgehead atoms. The van der Waals surface area contributed by atoms with Crippen LogP contribution in [0.3, 0.4) is 0 Å². The molecule has 0 saturated heterocycles. The van der Waals surface area contributed by atoms with Crippen molar-refractivity contribution in [3.05, 3.63) is 96.6 Å². The molecule has 7 heteroatoms. The van der Waals surface area contributed by atoms with Crippen molar-refractivity contribution < 1.29 is 14.1 Å². The van der Waals surface area contributed by atoms with Crippen LogP contribution in [0.5, 0.6) is 5.75 Å². The van der Waals surface area contributed by atoms with E-state index in [0.717, 1.165) is 29.0 Å². The maximum Gasteiger partial charge on any atom is 0.242 e. The Hall–Kier alpha value is -4.26. The minimum absolute atomic E-state index is 0.0276. The Morgan fingerprint density at radius 2 is 1.64 bits per heavy atom. The second-order valence-corrected chi connectivity index (χ2v) is 10.1. The standard InChI is InChI=1S/C32H38N4O3/c1-4-26(21-33-27-15-17-28(18-16-27)38-22-24-11-7-5-8-12-24)34-32(37)29(19-23(2)3)35-31-20-30(39-36-31)25-13-9-6-10-14-25/h5-18,20,23,26,29,33H,4,19,21-22H2,1-3H3,(H,34,37)(H,35,36)/t26-,29-/m0/s1. The van der Waals surface area contributed by atoms with Gasteiger partial charge >= 0.3 is 0 Å². The summed E-state index contributed by atoms with van der Waals surface area (Å²) in [7, 11) is 0. The number of aromatic nitrogens is 1. The highest BCUT2D eigenvalue weighted by Crippen LogP contribution is 2.23. The van der Waals surface area contributed by atoms with Gasteiger partial charge in [-0.1, -0.05) is 86.6 Å². The summed E-state index contributed by atoms with van der Waals surface area (Å²) in [6.45, 7) is 7.42. The monoisotopic (exact) mass is 526 g/mol. The molecule has 0 aliphatic heterocycles. The molecule has 2 atom stereocenters. The topological polar surface area (TPSA) is 88.4 Å². The van der Waals surface area contributed by atoms with Crippen LogP contribution in [-0.2, 0) is 11.4 Å². The predicted molar refractivity (Wildman–Crippen MR) is 157 cm³/mol. The SMILES string of the molecule is CC[C@@H](CNc1ccc(OCc2ccccc2)cc1)NC(=O)[C@H](CC(C)C)Nc1cc(-c2ccccc2)on1. The first-order valence-electron chi connectivity index (χ1n) is 13.6.